The van der Waals surface area contributed by atoms with Gasteiger partial charge in [-0.15, -0.1) is 0 Å². The first-order chi connectivity index (χ1) is 16.3. The topological polar surface area (TPSA) is 123 Å². The summed E-state index contributed by atoms with van der Waals surface area (Å²) in [5.41, 5.74) is 4.77. The Hall–Kier alpha value is -3.48. The lowest BCUT2D eigenvalue weighted by molar-refractivity contribution is -0.128. The average molecular weight is 494 g/mol. The van der Waals surface area contributed by atoms with E-state index in [0.29, 0.717) is 18.8 Å². The summed E-state index contributed by atoms with van der Waals surface area (Å²) in [7, 11) is -2.45. The van der Waals surface area contributed by atoms with Gasteiger partial charge in [0.05, 0.1) is 20.3 Å². The number of nitrogens with one attached hydrogen (secondary N) is 2. The van der Waals surface area contributed by atoms with E-state index in [1.807, 2.05) is 0 Å². The first-order valence-corrected chi connectivity index (χ1v) is 11.6. The molecule has 0 aliphatic carbocycles. The van der Waals surface area contributed by atoms with E-state index >= 15 is 0 Å². The van der Waals surface area contributed by atoms with E-state index in [1.165, 1.54) is 47.8 Å². The van der Waals surface area contributed by atoms with Gasteiger partial charge in [-0.1, -0.05) is 12.1 Å². The second kappa shape index (κ2) is 11.6. The number of halogens is 1. The average Bonchev–Trinajstić information content (AvgIpc) is 2.85. The fraction of sp³-hybridized carbons (Fsp3) is 0.273. The molecule has 10 nitrogen and oxygen atoms in total. The quantitative estimate of drug-likeness (QED) is 0.417. The number of ether oxygens (including phenoxy) is 3. The lowest BCUT2D eigenvalue weighted by Gasteiger charge is -2.26. The molecule has 1 fully saturated rings. The zero-order valence-corrected chi connectivity index (χ0v) is 19.1. The molecule has 0 atom stereocenters. The molecule has 2 aromatic rings. The number of sulfonamides is 1. The van der Waals surface area contributed by atoms with Crippen LogP contribution in [-0.2, 0) is 24.3 Å². The highest BCUT2D eigenvalue weighted by molar-refractivity contribution is 7.89. The molecule has 1 aliphatic rings. The van der Waals surface area contributed by atoms with Crippen LogP contribution in [0.15, 0.2) is 53.4 Å². The van der Waals surface area contributed by atoms with Crippen LogP contribution in [0.5, 0.6) is 11.5 Å². The first kappa shape index (κ1) is 25.1. The number of methoxy groups -OCH3 is 1. The summed E-state index contributed by atoms with van der Waals surface area (Å²) in [6.45, 7) is 0.641. The standard InChI is InChI=1S/C22H24FN3O7S/c1-31-19-7-5-16(13-20(19)34(29,30)26-9-11-32-12-10-26)6-8-21(27)24-25-22(28)15-33-18-4-2-3-17(23)14-18/h2-8,13-14H,9-12,15H2,1H3,(H,24,27)(H,25,28). The van der Waals surface area contributed by atoms with Gasteiger partial charge in [0.2, 0.25) is 10.0 Å². The maximum Gasteiger partial charge on any atom is 0.276 e. The molecular formula is C22H24FN3O7S. The van der Waals surface area contributed by atoms with Crippen molar-refractivity contribution in [1.29, 1.82) is 0 Å². The van der Waals surface area contributed by atoms with Crippen LogP contribution in [0, 0.1) is 5.82 Å². The Bertz CT molecular complexity index is 1160. The Morgan fingerprint density at radius 1 is 1.15 bits per heavy atom. The third-order valence-corrected chi connectivity index (χ3v) is 6.61. The summed E-state index contributed by atoms with van der Waals surface area (Å²) in [6, 6.07) is 9.77. The van der Waals surface area contributed by atoms with E-state index in [1.54, 1.807) is 6.07 Å². The number of carbonyl (C=O) groups is 2. The van der Waals surface area contributed by atoms with Crippen LogP contribution in [0.4, 0.5) is 4.39 Å². The molecule has 12 heteroatoms. The van der Waals surface area contributed by atoms with Gasteiger partial charge in [0.25, 0.3) is 11.8 Å². The number of morpholine rings is 1. The fourth-order valence-electron chi connectivity index (χ4n) is 3.01. The predicted molar refractivity (Wildman–Crippen MR) is 120 cm³/mol. The zero-order valence-electron chi connectivity index (χ0n) is 18.3. The second-order valence-electron chi connectivity index (χ2n) is 7.04. The molecule has 182 valence electrons. The van der Waals surface area contributed by atoms with Crippen LogP contribution < -0.4 is 20.3 Å². The third-order valence-electron chi connectivity index (χ3n) is 4.69. The summed E-state index contributed by atoms with van der Waals surface area (Å²) in [4.78, 5) is 23.8. The lowest BCUT2D eigenvalue weighted by Crippen LogP contribution is -2.43. The van der Waals surface area contributed by atoms with Crippen LogP contribution in [0.25, 0.3) is 6.08 Å². The Balaban J connectivity index is 1.58. The predicted octanol–water partition coefficient (Wildman–Crippen LogP) is 1.09. The molecule has 2 aromatic carbocycles. The normalized spacial score (nSPS) is 14.5. The van der Waals surface area contributed by atoms with Crippen LogP contribution in [0.2, 0.25) is 0 Å². The molecule has 0 saturated carbocycles. The van der Waals surface area contributed by atoms with Gasteiger partial charge in [-0.2, -0.15) is 4.31 Å². The Kier molecular flexibility index (Phi) is 8.57. The van der Waals surface area contributed by atoms with Crippen molar-refractivity contribution in [2.24, 2.45) is 0 Å². The van der Waals surface area contributed by atoms with E-state index in [9.17, 15) is 22.4 Å². The summed E-state index contributed by atoms with van der Waals surface area (Å²) >= 11 is 0. The van der Waals surface area contributed by atoms with Crippen molar-refractivity contribution in [3.8, 4) is 11.5 Å². The Labute approximate surface area is 196 Å². The molecular weight excluding hydrogens is 469 g/mol. The van der Waals surface area contributed by atoms with E-state index < -0.39 is 34.3 Å². The largest absolute Gasteiger partial charge is 0.495 e. The fourth-order valence-corrected chi connectivity index (χ4v) is 4.61. The highest BCUT2D eigenvalue weighted by Gasteiger charge is 2.29. The molecule has 0 bridgehead atoms. The van der Waals surface area contributed by atoms with E-state index in [-0.39, 0.29) is 29.5 Å². The number of nitrogens with zero attached hydrogens (tertiary/aromatic N) is 1. The minimum atomic E-state index is -3.82. The first-order valence-electron chi connectivity index (χ1n) is 10.2. The van der Waals surface area contributed by atoms with Crippen molar-refractivity contribution in [3.05, 3.63) is 59.9 Å². The van der Waals surface area contributed by atoms with E-state index in [2.05, 4.69) is 10.9 Å². The zero-order chi connectivity index (χ0) is 24.6. The number of hydrogen-bond acceptors (Lipinski definition) is 7. The molecule has 3 rings (SSSR count). The van der Waals surface area contributed by atoms with Gasteiger partial charge in [0.15, 0.2) is 6.61 Å². The molecule has 2 N–H and O–H groups in total. The second-order valence-corrected chi connectivity index (χ2v) is 8.95. The number of carbonyl (C=O) groups excluding carboxylic acids is 2. The molecule has 1 saturated heterocycles. The summed E-state index contributed by atoms with van der Waals surface area (Å²) in [5, 5.41) is 0. The van der Waals surface area contributed by atoms with Gasteiger partial charge < -0.3 is 14.2 Å². The number of amides is 2. The smallest absolute Gasteiger partial charge is 0.276 e. The SMILES string of the molecule is COc1ccc(C=CC(=O)NNC(=O)COc2cccc(F)c2)cc1S(=O)(=O)N1CCOCC1. The van der Waals surface area contributed by atoms with Crippen LogP contribution in [-0.4, -0.2) is 64.6 Å². The number of hydrazine groups is 1. The van der Waals surface area contributed by atoms with Crippen molar-refractivity contribution < 1.29 is 36.6 Å². The van der Waals surface area contributed by atoms with Gasteiger partial charge in [0.1, 0.15) is 22.2 Å². The van der Waals surface area contributed by atoms with Crippen molar-refractivity contribution in [2.75, 3.05) is 40.0 Å². The van der Waals surface area contributed by atoms with Crippen LogP contribution >= 0.6 is 0 Å². The van der Waals surface area contributed by atoms with Gasteiger partial charge in [-0.05, 0) is 35.9 Å². The lowest BCUT2D eigenvalue weighted by atomic mass is 10.2. The van der Waals surface area contributed by atoms with E-state index in [0.717, 1.165) is 12.1 Å². The number of benzene rings is 2. The molecule has 0 aromatic heterocycles. The highest BCUT2D eigenvalue weighted by atomic mass is 32.2. The highest BCUT2D eigenvalue weighted by Crippen LogP contribution is 2.28. The summed E-state index contributed by atoms with van der Waals surface area (Å²) in [6.07, 6.45) is 2.52. The van der Waals surface area contributed by atoms with Crippen LogP contribution in [0.3, 0.4) is 0 Å². The maximum atomic E-state index is 13.1. The monoisotopic (exact) mass is 493 g/mol. The van der Waals surface area contributed by atoms with Crippen molar-refractivity contribution >= 4 is 27.9 Å². The van der Waals surface area contributed by atoms with Crippen molar-refractivity contribution in [1.82, 2.24) is 15.2 Å². The van der Waals surface area contributed by atoms with Gasteiger partial charge in [-0.25, -0.2) is 12.8 Å². The molecule has 0 spiro atoms. The van der Waals surface area contributed by atoms with Gasteiger partial charge in [-0.3, -0.25) is 20.4 Å². The molecule has 34 heavy (non-hydrogen) atoms. The number of hydrogen-bond donors (Lipinski definition) is 2. The number of rotatable bonds is 8. The van der Waals surface area contributed by atoms with Crippen molar-refractivity contribution in [3.63, 3.8) is 0 Å². The summed E-state index contributed by atoms with van der Waals surface area (Å²) in [5.74, 6) is -1.47. The van der Waals surface area contributed by atoms with Gasteiger partial charge in [0, 0.05) is 25.2 Å². The molecule has 2 amide bonds. The molecule has 0 unspecified atom stereocenters. The minimum absolute atomic E-state index is 0.0257. The Morgan fingerprint density at radius 2 is 1.91 bits per heavy atom. The Morgan fingerprint density at radius 3 is 2.62 bits per heavy atom. The maximum absolute atomic E-state index is 13.1. The molecule has 1 aliphatic heterocycles. The van der Waals surface area contributed by atoms with Crippen molar-refractivity contribution in [2.45, 2.75) is 4.90 Å². The van der Waals surface area contributed by atoms with E-state index in [4.69, 9.17) is 14.2 Å². The van der Waals surface area contributed by atoms with Crippen LogP contribution in [0.1, 0.15) is 5.56 Å². The van der Waals surface area contributed by atoms with Gasteiger partial charge >= 0.3 is 0 Å². The molecule has 1 heterocycles. The summed E-state index contributed by atoms with van der Waals surface area (Å²) < 4.78 is 56.0. The minimum Gasteiger partial charge on any atom is -0.495 e. The third kappa shape index (κ3) is 6.76. The molecule has 0 radical (unpaired) electrons.